The number of rotatable bonds is 5. The largest absolute Gasteiger partial charge is 0.465 e. The molecule has 0 saturated carbocycles. The third-order valence-corrected chi connectivity index (χ3v) is 4.03. The van der Waals surface area contributed by atoms with Crippen molar-refractivity contribution >= 4 is 12.2 Å². The number of alkyl carbamates (subject to hydrolysis) is 1. The van der Waals surface area contributed by atoms with Gasteiger partial charge in [0.15, 0.2) is 0 Å². The molecule has 1 unspecified atom stereocenters. The Balaban J connectivity index is 1.48. The smallest absolute Gasteiger partial charge is 0.407 e. The summed E-state index contributed by atoms with van der Waals surface area (Å²) < 4.78 is 5.15. The van der Waals surface area contributed by atoms with E-state index in [1.165, 1.54) is 0 Å². The van der Waals surface area contributed by atoms with Crippen LogP contribution in [0.15, 0.2) is 42.6 Å². The van der Waals surface area contributed by atoms with Gasteiger partial charge in [-0.25, -0.2) is 9.59 Å². The molecule has 7 heteroatoms. The first kappa shape index (κ1) is 16.8. The monoisotopic (exact) mass is 341 g/mol. The molecule has 0 saturated heterocycles. The minimum absolute atomic E-state index is 0.117. The first-order chi connectivity index (χ1) is 12.1. The van der Waals surface area contributed by atoms with Crippen molar-refractivity contribution in [3.05, 3.63) is 65.0 Å². The molecule has 25 heavy (non-hydrogen) atoms. The highest BCUT2D eigenvalue weighted by molar-refractivity contribution is 5.67. The Labute approximate surface area is 145 Å². The van der Waals surface area contributed by atoms with E-state index in [1.807, 2.05) is 36.4 Å². The highest BCUT2D eigenvalue weighted by atomic mass is 16.5. The molecule has 0 radical (unpaired) electrons. The second-order valence-corrected chi connectivity index (χ2v) is 5.91. The van der Waals surface area contributed by atoms with Crippen molar-refractivity contribution in [1.29, 1.82) is 0 Å². The van der Waals surface area contributed by atoms with Crippen molar-refractivity contribution in [3.8, 4) is 0 Å². The van der Waals surface area contributed by atoms with Crippen LogP contribution >= 0.6 is 0 Å². The summed E-state index contributed by atoms with van der Waals surface area (Å²) in [4.78, 5) is 26.8. The normalized spacial score (nSPS) is 15.3. The number of carbonyl (C=O) groups is 2. The van der Waals surface area contributed by atoms with E-state index in [0.717, 1.165) is 16.7 Å². The molecule has 1 aromatic carbocycles. The lowest BCUT2D eigenvalue weighted by Crippen LogP contribution is -2.33. The number of pyridine rings is 1. The number of amides is 2. The molecule has 3 N–H and O–H groups in total. The van der Waals surface area contributed by atoms with Crippen LogP contribution in [0.4, 0.5) is 9.59 Å². The lowest BCUT2D eigenvalue weighted by atomic mass is 10.1. The molecule has 2 aromatic rings. The summed E-state index contributed by atoms with van der Waals surface area (Å²) in [6, 6.07) is 11.2. The third kappa shape index (κ3) is 4.69. The van der Waals surface area contributed by atoms with Crippen LogP contribution in [0.3, 0.4) is 0 Å². The second kappa shape index (κ2) is 7.65. The molecule has 0 spiro atoms. The molecular weight excluding hydrogens is 322 g/mol. The molecule has 1 aromatic heterocycles. The molecule has 130 valence electrons. The Hall–Kier alpha value is -3.09. The second-order valence-electron chi connectivity index (χ2n) is 5.91. The van der Waals surface area contributed by atoms with E-state index in [4.69, 9.17) is 9.84 Å². The zero-order valence-corrected chi connectivity index (χ0v) is 13.6. The average Bonchev–Trinajstić information content (AvgIpc) is 2.99. The number of carbonyl (C=O) groups excluding carboxylic acids is 1. The van der Waals surface area contributed by atoms with Crippen LogP contribution < -0.4 is 10.6 Å². The van der Waals surface area contributed by atoms with Crippen molar-refractivity contribution in [2.75, 3.05) is 0 Å². The molecule has 1 aliphatic rings. The van der Waals surface area contributed by atoms with Gasteiger partial charge in [0.1, 0.15) is 6.61 Å². The van der Waals surface area contributed by atoms with Crippen molar-refractivity contribution in [2.45, 2.75) is 32.0 Å². The third-order valence-electron chi connectivity index (χ3n) is 4.03. The van der Waals surface area contributed by atoms with Gasteiger partial charge in [0, 0.05) is 12.2 Å². The topological polar surface area (TPSA) is 101 Å². The lowest BCUT2D eigenvalue weighted by molar-refractivity contribution is 0.139. The number of nitrogens with one attached hydrogen (secondary N) is 2. The van der Waals surface area contributed by atoms with Crippen molar-refractivity contribution in [2.24, 2.45) is 0 Å². The number of ether oxygens (including phenoxy) is 1. The number of hydrogen-bond donors (Lipinski definition) is 3. The molecular formula is C18H19N3O4. The predicted molar refractivity (Wildman–Crippen MR) is 90.1 cm³/mol. The Bertz CT molecular complexity index is 764. The molecule has 1 aliphatic carbocycles. The van der Waals surface area contributed by atoms with Crippen LogP contribution in [0.25, 0.3) is 0 Å². The lowest BCUT2D eigenvalue weighted by Gasteiger charge is -2.08. The average molecular weight is 341 g/mol. The Morgan fingerprint density at radius 2 is 1.96 bits per heavy atom. The summed E-state index contributed by atoms with van der Waals surface area (Å²) >= 11 is 0. The van der Waals surface area contributed by atoms with Crippen molar-refractivity contribution in [1.82, 2.24) is 15.6 Å². The van der Waals surface area contributed by atoms with E-state index >= 15 is 0 Å². The van der Waals surface area contributed by atoms with Gasteiger partial charge in [-0.15, -0.1) is 0 Å². The highest BCUT2D eigenvalue weighted by Gasteiger charge is 2.23. The fourth-order valence-corrected chi connectivity index (χ4v) is 2.86. The van der Waals surface area contributed by atoms with E-state index in [9.17, 15) is 9.59 Å². The minimum atomic E-state index is -1.02. The van der Waals surface area contributed by atoms with Gasteiger partial charge in [-0.3, -0.25) is 4.98 Å². The van der Waals surface area contributed by atoms with Crippen LogP contribution in [0.2, 0.25) is 0 Å². The van der Waals surface area contributed by atoms with Gasteiger partial charge in [-0.05, 0) is 35.6 Å². The van der Waals surface area contributed by atoms with E-state index in [1.54, 1.807) is 6.20 Å². The van der Waals surface area contributed by atoms with E-state index in [0.29, 0.717) is 18.5 Å². The number of nitrogens with zero attached hydrogens (tertiary/aromatic N) is 1. The summed E-state index contributed by atoms with van der Waals surface area (Å²) in [5.74, 6) is 0. The Morgan fingerprint density at radius 1 is 1.20 bits per heavy atom. The van der Waals surface area contributed by atoms with Crippen molar-refractivity contribution in [3.63, 3.8) is 0 Å². The number of fused-ring (bicyclic) bond motifs is 1. The van der Waals surface area contributed by atoms with Crippen LogP contribution in [0.5, 0.6) is 0 Å². The molecule has 2 amide bonds. The number of carboxylic acid groups (broad SMARTS) is 1. The van der Waals surface area contributed by atoms with Crippen LogP contribution in [0.1, 0.15) is 22.4 Å². The fourth-order valence-electron chi connectivity index (χ4n) is 2.86. The van der Waals surface area contributed by atoms with Gasteiger partial charge in [0.2, 0.25) is 0 Å². The van der Waals surface area contributed by atoms with Gasteiger partial charge in [0.05, 0.1) is 12.2 Å². The van der Waals surface area contributed by atoms with E-state index in [-0.39, 0.29) is 19.2 Å². The standard InChI is InChI=1S/C18H19N3O4/c22-17(23)21-15-6-13-7-16(19-9-14(13)8-15)10-20-18(24)25-11-12-4-2-1-3-5-12/h1-5,7,9,15,21H,6,8,10-11H2,(H,20,24)(H,22,23). The van der Waals surface area contributed by atoms with Gasteiger partial charge < -0.3 is 20.5 Å². The van der Waals surface area contributed by atoms with E-state index in [2.05, 4.69) is 15.6 Å². The fraction of sp³-hybridized carbons (Fsp3) is 0.278. The predicted octanol–water partition coefficient (Wildman–Crippen LogP) is 2.24. The molecule has 1 atom stereocenters. The summed E-state index contributed by atoms with van der Waals surface area (Å²) in [6.45, 7) is 0.477. The Kier molecular flexibility index (Phi) is 5.13. The number of benzene rings is 1. The van der Waals surface area contributed by atoms with Crippen molar-refractivity contribution < 1.29 is 19.4 Å². The van der Waals surface area contributed by atoms with Gasteiger partial charge in [-0.1, -0.05) is 30.3 Å². The number of aromatic nitrogens is 1. The summed E-state index contributed by atoms with van der Waals surface area (Å²) in [5, 5.41) is 14.0. The van der Waals surface area contributed by atoms with Crippen LogP contribution in [-0.2, 0) is 30.7 Å². The maximum Gasteiger partial charge on any atom is 0.407 e. The van der Waals surface area contributed by atoms with Gasteiger partial charge >= 0.3 is 12.2 Å². The molecule has 1 heterocycles. The van der Waals surface area contributed by atoms with Crippen LogP contribution in [0, 0.1) is 0 Å². The van der Waals surface area contributed by atoms with Crippen LogP contribution in [-0.4, -0.2) is 28.3 Å². The quantitative estimate of drug-likeness (QED) is 0.774. The summed E-state index contributed by atoms with van der Waals surface area (Å²) in [7, 11) is 0. The van der Waals surface area contributed by atoms with Gasteiger partial charge in [0.25, 0.3) is 0 Å². The first-order valence-corrected chi connectivity index (χ1v) is 8.01. The van der Waals surface area contributed by atoms with E-state index < -0.39 is 12.2 Å². The first-order valence-electron chi connectivity index (χ1n) is 8.01. The molecule has 0 aliphatic heterocycles. The Morgan fingerprint density at radius 3 is 2.72 bits per heavy atom. The maximum atomic E-state index is 11.8. The summed E-state index contributed by atoms with van der Waals surface area (Å²) in [5.41, 5.74) is 3.73. The zero-order valence-electron chi connectivity index (χ0n) is 13.6. The molecule has 0 fully saturated rings. The highest BCUT2D eigenvalue weighted by Crippen LogP contribution is 2.22. The summed E-state index contributed by atoms with van der Waals surface area (Å²) in [6.07, 6.45) is 1.49. The maximum absolute atomic E-state index is 11.8. The zero-order chi connectivity index (χ0) is 17.6. The van der Waals surface area contributed by atoms with Gasteiger partial charge in [-0.2, -0.15) is 0 Å². The minimum Gasteiger partial charge on any atom is -0.465 e. The number of hydrogen-bond acceptors (Lipinski definition) is 4. The molecule has 7 nitrogen and oxygen atoms in total. The molecule has 0 bridgehead atoms. The SMILES string of the molecule is O=C(O)NC1Cc2cnc(CNC(=O)OCc3ccccc3)cc2C1. The molecule has 3 rings (SSSR count).